The van der Waals surface area contributed by atoms with E-state index in [1.165, 1.54) is 11.3 Å². The molecule has 1 aliphatic heterocycles. The molecule has 2 unspecified atom stereocenters. The summed E-state index contributed by atoms with van der Waals surface area (Å²) in [6.45, 7) is 6.01. The number of nitrogens with one attached hydrogen (secondary N) is 1. The Hall–Kier alpha value is -1.00. The summed E-state index contributed by atoms with van der Waals surface area (Å²) in [5, 5.41) is 3.31. The average molecular weight is 306 g/mol. The second-order valence-electron chi connectivity index (χ2n) is 6.01. The van der Waals surface area contributed by atoms with Crippen LogP contribution in [0.5, 0.6) is 0 Å². The molecule has 1 aromatic rings. The molecule has 1 fully saturated rings. The smallest absolute Gasteiger partial charge is 0.236 e. The first-order valence-corrected chi connectivity index (χ1v) is 8.67. The van der Waals surface area contributed by atoms with Crippen LogP contribution in [0.4, 0.5) is 0 Å². The normalized spacial score (nSPS) is 20.6. The standard InChI is InChI=1S/C17H26N2OS/c1-13(2)16(21-15-9-5-4-6-10-15)17(20)19-11-7-8-14(12-19)18-3/h4-6,9-10,13-14,16,18H,7-8,11-12H2,1-3H3. The van der Waals surface area contributed by atoms with Crippen LogP contribution in [0.3, 0.4) is 0 Å². The molecule has 0 saturated carbocycles. The number of amides is 1. The minimum atomic E-state index is 0.00278. The number of piperidine rings is 1. The third-order valence-corrected chi connectivity index (χ3v) is 5.54. The number of hydrogen-bond acceptors (Lipinski definition) is 3. The number of benzene rings is 1. The first-order chi connectivity index (χ1) is 10.1. The maximum atomic E-state index is 12.9. The lowest BCUT2D eigenvalue weighted by Gasteiger charge is -2.35. The number of rotatable bonds is 5. The number of thioether (sulfide) groups is 1. The first kappa shape index (κ1) is 16.4. The largest absolute Gasteiger partial charge is 0.340 e. The van der Waals surface area contributed by atoms with Crippen molar-refractivity contribution in [2.45, 2.75) is 42.9 Å². The van der Waals surface area contributed by atoms with Crippen molar-refractivity contribution in [2.24, 2.45) is 5.92 Å². The van der Waals surface area contributed by atoms with Gasteiger partial charge in [0.1, 0.15) is 0 Å². The molecule has 1 heterocycles. The van der Waals surface area contributed by atoms with E-state index >= 15 is 0 Å². The maximum absolute atomic E-state index is 12.9. The molecule has 0 bridgehead atoms. The summed E-state index contributed by atoms with van der Waals surface area (Å²) >= 11 is 1.70. The van der Waals surface area contributed by atoms with E-state index in [-0.39, 0.29) is 5.25 Å². The fraction of sp³-hybridized carbons (Fsp3) is 0.588. The zero-order valence-corrected chi connectivity index (χ0v) is 14.0. The molecule has 1 N–H and O–H groups in total. The van der Waals surface area contributed by atoms with E-state index in [4.69, 9.17) is 0 Å². The monoisotopic (exact) mass is 306 g/mol. The number of hydrogen-bond donors (Lipinski definition) is 1. The predicted octanol–water partition coefficient (Wildman–Crippen LogP) is 3.01. The molecule has 21 heavy (non-hydrogen) atoms. The Morgan fingerprint density at radius 3 is 2.67 bits per heavy atom. The Morgan fingerprint density at radius 1 is 1.33 bits per heavy atom. The maximum Gasteiger partial charge on any atom is 0.236 e. The number of likely N-dealkylation sites (N-methyl/N-ethyl adjacent to an activating group) is 1. The molecule has 1 aliphatic rings. The number of carbonyl (C=O) groups excluding carboxylic acids is 1. The van der Waals surface area contributed by atoms with Crippen LogP contribution in [-0.2, 0) is 4.79 Å². The third-order valence-electron chi connectivity index (χ3n) is 4.00. The van der Waals surface area contributed by atoms with Crippen molar-refractivity contribution >= 4 is 17.7 Å². The lowest BCUT2D eigenvalue weighted by atomic mass is 10.0. The highest BCUT2D eigenvalue weighted by Crippen LogP contribution is 2.30. The highest BCUT2D eigenvalue weighted by atomic mass is 32.2. The summed E-state index contributed by atoms with van der Waals surface area (Å²) < 4.78 is 0. The summed E-state index contributed by atoms with van der Waals surface area (Å²) in [6, 6.07) is 10.7. The van der Waals surface area contributed by atoms with Gasteiger partial charge >= 0.3 is 0 Å². The molecule has 2 rings (SSSR count). The van der Waals surface area contributed by atoms with Gasteiger partial charge in [-0.25, -0.2) is 0 Å². The van der Waals surface area contributed by atoms with Gasteiger partial charge in [-0.1, -0.05) is 32.0 Å². The van der Waals surface area contributed by atoms with Crippen molar-refractivity contribution in [1.29, 1.82) is 0 Å². The molecule has 0 aliphatic carbocycles. The van der Waals surface area contributed by atoms with E-state index in [1.54, 1.807) is 11.8 Å². The lowest BCUT2D eigenvalue weighted by Crippen LogP contribution is -2.50. The molecule has 3 nitrogen and oxygen atoms in total. The van der Waals surface area contributed by atoms with Crippen LogP contribution in [-0.4, -0.2) is 42.2 Å². The van der Waals surface area contributed by atoms with E-state index in [0.717, 1.165) is 19.5 Å². The molecular weight excluding hydrogens is 280 g/mol. The Balaban J connectivity index is 2.05. The van der Waals surface area contributed by atoms with Crippen LogP contribution < -0.4 is 5.32 Å². The van der Waals surface area contributed by atoms with Gasteiger partial charge in [0.2, 0.25) is 5.91 Å². The van der Waals surface area contributed by atoms with E-state index in [1.807, 2.05) is 30.1 Å². The SMILES string of the molecule is CNC1CCCN(C(=O)C(Sc2ccccc2)C(C)C)C1. The molecule has 116 valence electrons. The van der Waals surface area contributed by atoms with Crippen LogP contribution >= 0.6 is 11.8 Å². The van der Waals surface area contributed by atoms with Crippen LogP contribution in [0.15, 0.2) is 35.2 Å². The average Bonchev–Trinajstić information content (AvgIpc) is 2.52. The van der Waals surface area contributed by atoms with Gasteiger partial charge in [-0.3, -0.25) is 4.79 Å². The Kier molecular flexibility index (Phi) is 6.12. The van der Waals surface area contributed by atoms with Gasteiger partial charge in [-0.2, -0.15) is 0 Å². The second kappa shape index (κ2) is 7.85. The summed E-state index contributed by atoms with van der Waals surface area (Å²) in [4.78, 5) is 16.1. The van der Waals surface area contributed by atoms with Crippen molar-refractivity contribution in [2.75, 3.05) is 20.1 Å². The highest BCUT2D eigenvalue weighted by molar-refractivity contribution is 8.00. The lowest BCUT2D eigenvalue weighted by molar-refractivity contribution is -0.132. The van der Waals surface area contributed by atoms with Gasteiger partial charge in [0, 0.05) is 24.0 Å². The van der Waals surface area contributed by atoms with E-state index < -0.39 is 0 Å². The van der Waals surface area contributed by atoms with Crippen LogP contribution in [0.1, 0.15) is 26.7 Å². The molecule has 1 saturated heterocycles. The van der Waals surface area contributed by atoms with Crippen LogP contribution in [0.25, 0.3) is 0 Å². The number of likely N-dealkylation sites (tertiary alicyclic amines) is 1. The predicted molar refractivity (Wildman–Crippen MR) is 89.6 cm³/mol. The van der Waals surface area contributed by atoms with Crippen molar-refractivity contribution in [1.82, 2.24) is 10.2 Å². The van der Waals surface area contributed by atoms with Gasteiger partial charge < -0.3 is 10.2 Å². The third kappa shape index (κ3) is 4.48. The van der Waals surface area contributed by atoms with Crippen LogP contribution in [0.2, 0.25) is 0 Å². The summed E-state index contributed by atoms with van der Waals surface area (Å²) in [7, 11) is 1.98. The summed E-state index contributed by atoms with van der Waals surface area (Å²) in [6.07, 6.45) is 2.26. The molecule has 4 heteroatoms. The van der Waals surface area contributed by atoms with E-state index in [0.29, 0.717) is 17.9 Å². The number of carbonyl (C=O) groups is 1. The number of nitrogens with zero attached hydrogens (tertiary/aromatic N) is 1. The van der Waals surface area contributed by atoms with Crippen molar-refractivity contribution in [3.63, 3.8) is 0 Å². The van der Waals surface area contributed by atoms with Crippen molar-refractivity contribution < 1.29 is 4.79 Å². The minimum absolute atomic E-state index is 0.00278. The van der Waals surface area contributed by atoms with E-state index in [2.05, 4.69) is 31.3 Å². The molecule has 2 atom stereocenters. The zero-order valence-electron chi connectivity index (χ0n) is 13.2. The highest BCUT2D eigenvalue weighted by Gasteiger charge is 2.30. The van der Waals surface area contributed by atoms with Crippen molar-refractivity contribution in [3.8, 4) is 0 Å². The molecule has 0 spiro atoms. The van der Waals surface area contributed by atoms with Crippen LogP contribution in [0, 0.1) is 5.92 Å². The quantitative estimate of drug-likeness (QED) is 0.849. The van der Waals surface area contributed by atoms with Gasteiger partial charge in [0.15, 0.2) is 0 Å². The van der Waals surface area contributed by atoms with Gasteiger partial charge in [0.25, 0.3) is 0 Å². The Bertz CT molecular complexity index is 449. The van der Waals surface area contributed by atoms with Gasteiger partial charge in [-0.15, -0.1) is 11.8 Å². The van der Waals surface area contributed by atoms with E-state index in [9.17, 15) is 4.79 Å². The Morgan fingerprint density at radius 2 is 2.05 bits per heavy atom. The molecular formula is C17H26N2OS. The molecule has 0 aromatic heterocycles. The Labute approximate surface area is 132 Å². The minimum Gasteiger partial charge on any atom is -0.340 e. The first-order valence-electron chi connectivity index (χ1n) is 7.79. The fourth-order valence-corrected chi connectivity index (χ4v) is 3.84. The second-order valence-corrected chi connectivity index (χ2v) is 7.22. The molecule has 0 radical (unpaired) electrons. The topological polar surface area (TPSA) is 32.3 Å². The van der Waals surface area contributed by atoms with Crippen molar-refractivity contribution in [3.05, 3.63) is 30.3 Å². The van der Waals surface area contributed by atoms with Gasteiger partial charge in [-0.05, 0) is 37.9 Å². The fourth-order valence-electron chi connectivity index (χ4n) is 2.71. The zero-order chi connectivity index (χ0) is 15.2. The molecule has 1 amide bonds. The van der Waals surface area contributed by atoms with Gasteiger partial charge in [0.05, 0.1) is 5.25 Å². The molecule has 1 aromatic carbocycles. The summed E-state index contributed by atoms with van der Waals surface area (Å²) in [5.41, 5.74) is 0. The summed E-state index contributed by atoms with van der Waals surface area (Å²) in [5.74, 6) is 0.622.